The van der Waals surface area contributed by atoms with E-state index in [0.717, 1.165) is 17.5 Å². The first-order valence-electron chi connectivity index (χ1n) is 4.35. The van der Waals surface area contributed by atoms with Crippen LogP contribution in [0.4, 0.5) is 18.9 Å². The van der Waals surface area contributed by atoms with E-state index in [0.29, 0.717) is 11.4 Å². The van der Waals surface area contributed by atoms with E-state index in [4.69, 9.17) is 5.73 Å². The lowest BCUT2D eigenvalue weighted by atomic mass is 10.2. The summed E-state index contributed by atoms with van der Waals surface area (Å²) in [7, 11) is 0. The van der Waals surface area contributed by atoms with E-state index >= 15 is 0 Å². The van der Waals surface area contributed by atoms with Gasteiger partial charge in [-0.3, -0.25) is 4.68 Å². The van der Waals surface area contributed by atoms with Gasteiger partial charge in [-0.05, 0) is 12.8 Å². The molecule has 7 heteroatoms. The van der Waals surface area contributed by atoms with E-state index in [1.165, 1.54) is 6.20 Å². The summed E-state index contributed by atoms with van der Waals surface area (Å²) in [6.45, 7) is -1.05. The molecule has 86 valence electrons. The molecular weight excluding hydrogens is 231 g/mol. The molecule has 0 amide bonds. The van der Waals surface area contributed by atoms with E-state index in [2.05, 4.69) is 5.10 Å². The molecule has 0 atom stereocenters. The highest BCUT2D eigenvalue weighted by Crippen LogP contribution is 2.43. The van der Waals surface area contributed by atoms with Crippen molar-refractivity contribution in [3.8, 4) is 0 Å². The zero-order valence-electron chi connectivity index (χ0n) is 7.79. The number of nitrogens with zero attached hydrogens (tertiary/aromatic N) is 2. The molecule has 0 spiro atoms. The molecule has 1 heterocycles. The van der Waals surface area contributed by atoms with Gasteiger partial charge in [0.1, 0.15) is 6.54 Å². The van der Waals surface area contributed by atoms with E-state index in [-0.39, 0.29) is 18.3 Å². The lowest BCUT2D eigenvalue weighted by Gasteiger charge is -2.09. The number of nitrogen functional groups attached to an aromatic ring is 1. The second-order valence-electron chi connectivity index (χ2n) is 3.53. The van der Waals surface area contributed by atoms with Crippen molar-refractivity contribution in [2.24, 2.45) is 0 Å². The lowest BCUT2D eigenvalue weighted by Crippen LogP contribution is -2.20. The molecule has 0 saturated heterocycles. The molecule has 0 aliphatic heterocycles. The second kappa shape index (κ2) is 3.92. The van der Waals surface area contributed by atoms with Crippen LogP contribution >= 0.6 is 12.4 Å². The fourth-order valence-corrected chi connectivity index (χ4v) is 1.51. The van der Waals surface area contributed by atoms with Crippen molar-refractivity contribution >= 4 is 18.1 Å². The summed E-state index contributed by atoms with van der Waals surface area (Å²) in [5.74, 6) is 0.180. The van der Waals surface area contributed by atoms with Crippen LogP contribution in [0.2, 0.25) is 0 Å². The van der Waals surface area contributed by atoms with Crippen molar-refractivity contribution in [2.45, 2.75) is 31.5 Å². The Morgan fingerprint density at radius 2 is 2.07 bits per heavy atom. The average molecular weight is 242 g/mol. The molecule has 1 aliphatic carbocycles. The molecule has 1 aliphatic rings. The van der Waals surface area contributed by atoms with Crippen LogP contribution in [0.25, 0.3) is 0 Å². The molecule has 1 aromatic rings. The summed E-state index contributed by atoms with van der Waals surface area (Å²) in [5.41, 5.74) is 6.47. The van der Waals surface area contributed by atoms with Gasteiger partial charge >= 0.3 is 6.18 Å². The number of alkyl halides is 3. The number of hydrogen-bond acceptors (Lipinski definition) is 2. The summed E-state index contributed by atoms with van der Waals surface area (Å²) in [6, 6.07) is 0. The predicted molar refractivity (Wildman–Crippen MR) is 51.9 cm³/mol. The molecule has 0 unspecified atom stereocenters. The van der Waals surface area contributed by atoms with Gasteiger partial charge in [0, 0.05) is 5.92 Å². The van der Waals surface area contributed by atoms with Crippen LogP contribution in [0.15, 0.2) is 6.20 Å². The molecule has 0 bridgehead atoms. The third-order valence-corrected chi connectivity index (χ3v) is 2.20. The highest BCUT2D eigenvalue weighted by Gasteiger charge is 2.34. The summed E-state index contributed by atoms with van der Waals surface area (Å²) in [4.78, 5) is 0. The Labute approximate surface area is 90.8 Å². The minimum atomic E-state index is -4.23. The smallest absolute Gasteiger partial charge is 0.396 e. The average Bonchev–Trinajstić information content (AvgIpc) is 2.77. The summed E-state index contributed by atoms with van der Waals surface area (Å²) in [5, 5.41) is 3.63. The third kappa shape index (κ3) is 2.77. The monoisotopic (exact) mass is 241 g/mol. The first-order valence-corrected chi connectivity index (χ1v) is 4.35. The Kier molecular flexibility index (Phi) is 3.18. The number of nitrogens with two attached hydrogens (primary N) is 1. The van der Waals surface area contributed by atoms with Crippen LogP contribution in [0.3, 0.4) is 0 Å². The van der Waals surface area contributed by atoms with Crippen molar-refractivity contribution in [3.05, 3.63) is 11.9 Å². The van der Waals surface area contributed by atoms with Crippen LogP contribution in [0.1, 0.15) is 24.5 Å². The van der Waals surface area contributed by atoms with Gasteiger partial charge in [-0.2, -0.15) is 18.3 Å². The van der Waals surface area contributed by atoms with Crippen molar-refractivity contribution in [1.29, 1.82) is 0 Å². The largest absolute Gasteiger partial charge is 0.408 e. The lowest BCUT2D eigenvalue weighted by molar-refractivity contribution is -0.143. The summed E-state index contributed by atoms with van der Waals surface area (Å²) < 4.78 is 37.3. The van der Waals surface area contributed by atoms with Crippen molar-refractivity contribution in [1.82, 2.24) is 9.78 Å². The Bertz CT molecular complexity index is 343. The maximum absolute atomic E-state index is 12.1. The molecule has 1 saturated carbocycles. The van der Waals surface area contributed by atoms with Gasteiger partial charge in [-0.15, -0.1) is 12.4 Å². The third-order valence-electron chi connectivity index (χ3n) is 2.20. The number of rotatable bonds is 2. The van der Waals surface area contributed by atoms with Crippen LogP contribution in [-0.4, -0.2) is 16.0 Å². The maximum atomic E-state index is 12.1. The molecule has 2 N–H and O–H groups in total. The summed E-state index contributed by atoms with van der Waals surface area (Å²) >= 11 is 0. The van der Waals surface area contributed by atoms with Crippen LogP contribution in [0, 0.1) is 0 Å². The zero-order chi connectivity index (χ0) is 10.3. The van der Waals surface area contributed by atoms with Crippen molar-refractivity contribution < 1.29 is 13.2 Å². The van der Waals surface area contributed by atoms with Gasteiger partial charge in [0.05, 0.1) is 17.6 Å². The quantitative estimate of drug-likeness (QED) is 0.864. The highest BCUT2D eigenvalue weighted by atomic mass is 35.5. The van der Waals surface area contributed by atoms with E-state index in [9.17, 15) is 13.2 Å². The normalized spacial score (nSPS) is 16.2. The molecule has 1 fully saturated rings. The maximum Gasteiger partial charge on any atom is 0.408 e. The van der Waals surface area contributed by atoms with E-state index in [1.54, 1.807) is 0 Å². The van der Waals surface area contributed by atoms with Gasteiger partial charge in [-0.25, -0.2) is 0 Å². The summed E-state index contributed by atoms with van der Waals surface area (Å²) in [6.07, 6.45) is -1.12. The molecule has 0 aromatic carbocycles. The predicted octanol–water partition coefficient (Wildman–Crippen LogP) is 2.33. The van der Waals surface area contributed by atoms with Crippen LogP contribution < -0.4 is 5.73 Å². The van der Waals surface area contributed by atoms with Gasteiger partial charge in [0.15, 0.2) is 0 Å². The number of anilines is 1. The molecule has 3 nitrogen and oxygen atoms in total. The zero-order valence-corrected chi connectivity index (χ0v) is 8.61. The fourth-order valence-electron chi connectivity index (χ4n) is 1.51. The first-order chi connectivity index (χ1) is 6.47. The highest BCUT2D eigenvalue weighted by molar-refractivity contribution is 5.85. The van der Waals surface area contributed by atoms with Gasteiger partial charge in [-0.1, -0.05) is 0 Å². The Balaban J connectivity index is 0.00000112. The minimum Gasteiger partial charge on any atom is -0.396 e. The van der Waals surface area contributed by atoms with Gasteiger partial charge in [0.25, 0.3) is 0 Å². The molecule has 2 rings (SSSR count). The number of halogens is 4. The molecular formula is C8H11ClF3N3. The van der Waals surface area contributed by atoms with Crippen molar-refractivity contribution in [2.75, 3.05) is 5.73 Å². The van der Waals surface area contributed by atoms with Crippen LogP contribution in [-0.2, 0) is 6.54 Å². The van der Waals surface area contributed by atoms with Crippen molar-refractivity contribution in [3.63, 3.8) is 0 Å². The standard InChI is InChI=1S/C8H10F3N3.ClH/c9-8(10,11)4-14-7(5-1-2-5)6(12)3-13-14;/h3,5H,1-2,4,12H2;1H. The van der Waals surface area contributed by atoms with Gasteiger partial charge in [0.2, 0.25) is 0 Å². The Hall–Kier alpha value is -0.910. The number of hydrogen-bond donors (Lipinski definition) is 1. The second-order valence-corrected chi connectivity index (χ2v) is 3.53. The Morgan fingerprint density at radius 1 is 1.47 bits per heavy atom. The number of aromatic nitrogens is 2. The fraction of sp³-hybridized carbons (Fsp3) is 0.625. The van der Waals surface area contributed by atoms with Gasteiger partial charge < -0.3 is 5.73 Å². The molecule has 1 aromatic heterocycles. The van der Waals surface area contributed by atoms with Crippen LogP contribution in [0.5, 0.6) is 0 Å². The minimum absolute atomic E-state index is 0. The molecule has 15 heavy (non-hydrogen) atoms. The Morgan fingerprint density at radius 3 is 2.53 bits per heavy atom. The first kappa shape index (κ1) is 12.2. The molecule has 0 radical (unpaired) electrons. The SMILES string of the molecule is Cl.Nc1cnn(CC(F)(F)F)c1C1CC1. The van der Waals surface area contributed by atoms with E-state index in [1.807, 2.05) is 0 Å². The van der Waals surface area contributed by atoms with E-state index < -0.39 is 12.7 Å². The topological polar surface area (TPSA) is 43.8 Å².